The Labute approximate surface area is 126 Å². The number of rotatable bonds is 3. The lowest BCUT2D eigenvalue weighted by atomic mass is 9.78. The maximum absolute atomic E-state index is 11.7. The van der Waals surface area contributed by atoms with Crippen LogP contribution in [0.15, 0.2) is 12.1 Å². The SMILES string of the molecule is CCc1cc(B2OC(C)(C)C(C)(C)O2)cc(C(=O)OC)n1. The van der Waals surface area contributed by atoms with E-state index in [9.17, 15) is 4.79 Å². The Morgan fingerprint density at radius 3 is 2.29 bits per heavy atom. The smallest absolute Gasteiger partial charge is 0.464 e. The fourth-order valence-electron chi connectivity index (χ4n) is 2.12. The Kier molecular flexibility index (Phi) is 4.13. The lowest BCUT2D eigenvalue weighted by Crippen LogP contribution is -2.41. The molecule has 1 aliphatic rings. The number of pyridine rings is 1. The van der Waals surface area contributed by atoms with E-state index in [1.165, 1.54) is 7.11 Å². The molecule has 2 heterocycles. The molecular formula is C15H22BNO4. The third-order valence-corrected chi connectivity index (χ3v) is 4.18. The van der Waals surface area contributed by atoms with Crippen LogP contribution in [0.4, 0.5) is 0 Å². The number of nitrogens with zero attached hydrogens (tertiary/aromatic N) is 1. The molecule has 5 nitrogen and oxygen atoms in total. The van der Waals surface area contributed by atoms with Crippen molar-refractivity contribution in [1.29, 1.82) is 0 Å². The van der Waals surface area contributed by atoms with Gasteiger partial charge in [-0.2, -0.15) is 0 Å². The minimum absolute atomic E-state index is 0.279. The van der Waals surface area contributed by atoms with E-state index < -0.39 is 24.3 Å². The highest BCUT2D eigenvalue weighted by atomic mass is 16.7. The topological polar surface area (TPSA) is 57.7 Å². The van der Waals surface area contributed by atoms with Crippen molar-refractivity contribution in [2.75, 3.05) is 7.11 Å². The first-order chi connectivity index (χ1) is 9.70. The predicted octanol–water partition coefficient (Wildman–Crippen LogP) is 1.73. The van der Waals surface area contributed by atoms with E-state index in [2.05, 4.69) is 4.98 Å². The van der Waals surface area contributed by atoms with Gasteiger partial charge in [-0.25, -0.2) is 9.78 Å². The van der Waals surface area contributed by atoms with Gasteiger partial charge in [0.25, 0.3) is 0 Å². The van der Waals surface area contributed by atoms with Crippen LogP contribution in [0.5, 0.6) is 0 Å². The zero-order chi connectivity index (χ0) is 15.8. The minimum Gasteiger partial charge on any atom is -0.464 e. The molecule has 6 heteroatoms. The minimum atomic E-state index is -0.508. The number of hydrogen-bond donors (Lipinski definition) is 0. The number of ether oxygens (including phenoxy) is 1. The van der Waals surface area contributed by atoms with Gasteiger partial charge in [-0.1, -0.05) is 6.92 Å². The van der Waals surface area contributed by atoms with Crippen molar-refractivity contribution >= 4 is 18.6 Å². The Balaban J connectivity index is 2.39. The average molecular weight is 291 g/mol. The number of carbonyl (C=O) groups is 1. The van der Waals surface area contributed by atoms with Gasteiger partial charge < -0.3 is 14.0 Å². The van der Waals surface area contributed by atoms with E-state index >= 15 is 0 Å². The van der Waals surface area contributed by atoms with Crippen molar-refractivity contribution in [2.45, 2.75) is 52.2 Å². The maximum atomic E-state index is 11.7. The molecule has 0 spiro atoms. The van der Waals surface area contributed by atoms with Crippen LogP contribution in [0.2, 0.25) is 0 Å². The molecule has 21 heavy (non-hydrogen) atoms. The molecule has 0 atom stereocenters. The van der Waals surface area contributed by atoms with Crippen LogP contribution in [0.1, 0.15) is 50.8 Å². The molecule has 0 radical (unpaired) electrons. The van der Waals surface area contributed by atoms with E-state index in [0.717, 1.165) is 17.6 Å². The molecule has 0 amide bonds. The summed E-state index contributed by atoms with van der Waals surface area (Å²) in [5, 5.41) is 0. The highest BCUT2D eigenvalue weighted by Gasteiger charge is 2.51. The molecule has 0 bridgehead atoms. The summed E-state index contributed by atoms with van der Waals surface area (Å²) >= 11 is 0. The normalized spacial score (nSPS) is 19.6. The summed E-state index contributed by atoms with van der Waals surface area (Å²) in [5.41, 5.74) is 1.04. The summed E-state index contributed by atoms with van der Waals surface area (Å²) in [6.45, 7) is 9.97. The second-order valence-electron chi connectivity index (χ2n) is 6.21. The van der Waals surface area contributed by atoms with Crippen molar-refractivity contribution in [2.24, 2.45) is 0 Å². The van der Waals surface area contributed by atoms with Crippen molar-refractivity contribution in [3.05, 3.63) is 23.5 Å². The number of aromatic nitrogens is 1. The summed E-state index contributed by atoms with van der Waals surface area (Å²) in [7, 11) is 0.837. The molecule has 2 rings (SSSR count). The van der Waals surface area contributed by atoms with E-state index in [0.29, 0.717) is 0 Å². The summed E-state index contributed by atoms with van der Waals surface area (Å²) in [5.74, 6) is -0.455. The molecule has 1 aliphatic heterocycles. The Morgan fingerprint density at radius 2 is 1.81 bits per heavy atom. The first-order valence-electron chi connectivity index (χ1n) is 7.15. The lowest BCUT2D eigenvalue weighted by Gasteiger charge is -2.32. The molecule has 0 aliphatic carbocycles. The van der Waals surface area contributed by atoms with Crippen LogP contribution >= 0.6 is 0 Å². The number of aryl methyl sites for hydroxylation is 1. The van der Waals surface area contributed by atoms with Gasteiger partial charge in [0.15, 0.2) is 0 Å². The third-order valence-electron chi connectivity index (χ3n) is 4.18. The zero-order valence-electron chi connectivity index (χ0n) is 13.5. The van der Waals surface area contributed by atoms with E-state index in [4.69, 9.17) is 14.0 Å². The summed E-state index contributed by atoms with van der Waals surface area (Å²) in [6, 6.07) is 3.59. The van der Waals surface area contributed by atoms with Gasteiger partial charge >= 0.3 is 13.1 Å². The first kappa shape index (κ1) is 16.0. The van der Waals surface area contributed by atoms with Gasteiger partial charge in [0.2, 0.25) is 0 Å². The van der Waals surface area contributed by atoms with Crippen LogP contribution in [0.25, 0.3) is 0 Å². The van der Waals surface area contributed by atoms with Gasteiger partial charge in [-0.05, 0) is 51.7 Å². The summed E-state index contributed by atoms with van der Waals surface area (Å²) in [4.78, 5) is 16.0. The van der Waals surface area contributed by atoms with Crippen LogP contribution < -0.4 is 5.46 Å². The van der Waals surface area contributed by atoms with Gasteiger partial charge in [-0.15, -0.1) is 0 Å². The molecule has 0 aromatic carbocycles. The van der Waals surface area contributed by atoms with Crippen LogP contribution in [0, 0.1) is 0 Å². The van der Waals surface area contributed by atoms with Gasteiger partial charge in [0.05, 0.1) is 18.3 Å². The predicted molar refractivity (Wildman–Crippen MR) is 80.7 cm³/mol. The monoisotopic (exact) mass is 291 g/mol. The van der Waals surface area contributed by atoms with E-state index in [1.807, 2.05) is 40.7 Å². The first-order valence-corrected chi connectivity index (χ1v) is 7.15. The third kappa shape index (κ3) is 2.96. The van der Waals surface area contributed by atoms with Crippen molar-refractivity contribution in [3.63, 3.8) is 0 Å². The molecule has 1 aromatic heterocycles. The molecule has 0 N–H and O–H groups in total. The van der Waals surface area contributed by atoms with E-state index in [-0.39, 0.29) is 5.69 Å². The van der Waals surface area contributed by atoms with Gasteiger partial charge in [-0.3, -0.25) is 0 Å². The van der Waals surface area contributed by atoms with Crippen molar-refractivity contribution in [3.8, 4) is 0 Å². The second-order valence-corrected chi connectivity index (χ2v) is 6.21. The van der Waals surface area contributed by atoms with Crippen LogP contribution in [0.3, 0.4) is 0 Å². The Bertz CT molecular complexity index is 541. The van der Waals surface area contributed by atoms with Crippen LogP contribution in [-0.4, -0.2) is 36.4 Å². The fourth-order valence-corrected chi connectivity index (χ4v) is 2.12. The average Bonchev–Trinajstić information content (AvgIpc) is 2.66. The summed E-state index contributed by atoms with van der Waals surface area (Å²) < 4.78 is 16.8. The highest BCUT2D eigenvalue weighted by Crippen LogP contribution is 2.36. The lowest BCUT2D eigenvalue weighted by molar-refractivity contribution is 0.00578. The maximum Gasteiger partial charge on any atom is 0.494 e. The molecule has 1 fully saturated rings. The molecule has 114 valence electrons. The largest absolute Gasteiger partial charge is 0.494 e. The molecule has 0 saturated carbocycles. The van der Waals surface area contributed by atoms with Crippen LogP contribution in [-0.2, 0) is 20.5 Å². The van der Waals surface area contributed by atoms with Crippen molar-refractivity contribution < 1.29 is 18.8 Å². The second kappa shape index (κ2) is 5.42. The Hall–Kier alpha value is -1.40. The van der Waals surface area contributed by atoms with Crippen molar-refractivity contribution in [1.82, 2.24) is 4.98 Å². The van der Waals surface area contributed by atoms with Gasteiger partial charge in [0, 0.05) is 5.69 Å². The molecule has 0 unspecified atom stereocenters. The number of methoxy groups -OCH3 is 1. The molecule has 1 saturated heterocycles. The number of carbonyl (C=O) groups excluding carboxylic acids is 1. The standard InChI is InChI=1S/C15H22BNO4/c1-7-11-8-10(9-12(17-11)13(18)19-6)16-20-14(2,3)15(4,5)21-16/h8-9H,7H2,1-6H3. The number of esters is 1. The van der Waals surface area contributed by atoms with E-state index in [1.54, 1.807) is 6.07 Å². The molecular weight excluding hydrogens is 269 g/mol. The Morgan fingerprint density at radius 1 is 1.24 bits per heavy atom. The highest BCUT2D eigenvalue weighted by molar-refractivity contribution is 6.62. The number of hydrogen-bond acceptors (Lipinski definition) is 5. The summed E-state index contributed by atoms with van der Waals surface area (Å²) in [6.07, 6.45) is 0.720. The van der Waals surface area contributed by atoms with Gasteiger partial charge in [0.1, 0.15) is 5.69 Å². The quantitative estimate of drug-likeness (QED) is 0.627. The zero-order valence-corrected chi connectivity index (χ0v) is 13.5. The fraction of sp³-hybridized carbons (Fsp3) is 0.600. The molecule has 1 aromatic rings.